The van der Waals surface area contributed by atoms with Gasteiger partial charge in [0, 0.05) is 5.56 Å². The molecule has 0 aliphatic rings. The van der Waals surface area contributed by atoms with Crippen LogP contribution in [0.5, 0.6) is 0 Å². The van der Waals surface area contributed by atoms with Crippen molar-refractivity contribution in [3.05, 3.63) is 57.2 Å². The van der Waals surface area contributed by atoms with Crippen LogP contribution < -0.4 is 5.43 Å². The molecule has 0 aliphatic carbocycles. The summed E-state index contributed by atoms with van der Waals surface area (Å²) in [6.07, 6.45) is -0.168. The van der Waals surface area contributed by atoms with Crippen LogP contribution in [0, 0.1) is 13.8 Å². The number of aliphatic carboxylic acids is 1. The summed E-state index contributed by atoms with van der Waals surface area (Å²) >= 11 is 0. The maximum Gasteiger partial charge on any atom is 0.307 e. The highest BCUT2D eigenvalue weighted by atomic mass is 16.4. The summed E-state index contributed by atoms with van der Waals surface area (Å²) in [7, 11) is 0. The van der Waals surface area contributed by atoms with E-state index in [2.05, 4.69) is 0 Å². The van der Waals surface area contributed by atoms with Crippen molar-refractivity contribution in [2.75, 3.05) is 0 Å². The highest BCUT2D eigenvalue weighted by molar-refractivity contribution is 5.94. The molecule has 3 aromatic rings. The summed E-state index contributed by atoms with van der Waals surface area (Å²) in [5, 5.41) is 10.0. The van der Waals surface area contributed by atoms with Crippen molar-refractivity contribution < 1.29 is 14.3 Å². The highest BCUT2D eigenvalue weighted by Gasteiger charge is 2.16. The number of hydrogen-bond donors (Lipinski definition) is 1. The Kier molecular flexibility index (Phi) is 3.01. The minimum Gasteiger partial charge on any atom is -0.481 e. The number of carboxylic acid groups (broad SMARTS) is 1. The van der Waals surface area contributed by atoms with E-state index >= 15 is 0 Å². The zero-order chi connectivity index (χ0) is 15.1. The Morgan fingerprint density at radius 3 is 2.67 bits per heavy atom. The third-order valence-electron chi connectivity index (χ3n) is 3.79. The number of benzene rings is 2. The average molecular weight is 282 g/mol. The van der Waals surface area contributed by atoms with Gasteiger partial charge in [0.05, 0.1) is 17.2 Å². The van der Waals surface area contributed by atoms with Gasteiger partial charge in [0.15, 0.2) is 0 Å². The molecule has 21 heavy (non-hydrogen) atoms. The van der Waals surface area contributed by atoms with Crippen LogP contribution in [-0.2, 0) is 11.2 Å². The molecule has 1 aromatic heterocycles. The molecule has 1 heterocycles. The van der Waals surface area contributed by atoms with Crippen LogP contribution in [0.2, 0.25) is 0 Å². The number of fused-ring (bicyclic) bond motifs is 2. The molecule has 4 heteroatoms. The normalized spacial score (nSPS) is 11.1. The molecule has 4 nitrogen and oxygen atoms in total. The molecule has 0 spiro atoms. The molecule has 106 valence electrons. The Labute approximate surface area is 120 Å². The molecular formula is C17H14O4. The molecule has 0 fully saturated rings. The van der Waals surface area contributed by atoms with Crippen molar-refractivity contribution in [1.82, 2.24) is 0 Å². The Bertz CT molecular complexity index is 935. The number of carbonyl (C=O) groups is 1. The quantitative estimate of drug-likeness (QED) is 0.733. The van der Waals surface area contributed by atoms with Gasteiger partial charge in [-0.05, 0) is 37.1 Å². The lowest BCUT2D eigenvalue weighted by Crippen LogP contribution is -2.09. The van der Waals surface area contributed by atoms with Crippen molar-refractivity contribution in [2.45, 2.75) is 20.3 Å². The van der Waals surface area contributed by atoms with Crippen LogP contribution in [0.25, 0.3) is 21.9 Å². The number of carboxylic acids is 1. The predicted molar refractivity (Wildman–Crippen MR) is 80.8 cm³/mol. The minimum atomic E-state index is -0.949. The summed E-state index contributed by atoms with van der Waals surface area (Å²) in [4.78, 5) is 23.7. The van der Waals surface area contributed by atoms with Crippen LogP contribution in [0.1, 0.15) is 16.7 Å². The third kappa shape index (κ3) is 2.09. The Hall–Kier alpha value is -2.62. The van der Waals surface area contributed by atoms with E-state index < -0.39 is 5.97 Å². The van der Waals surface area contributed by atoms with E-state index in [4.69, 9.17) is 9.52 Å². The number of para-hydroxylation sites is 1. The molecule has 0 radical (unpaired) electrons. The monoisotopic (exact) mass is 282 g/mol. The highest BCUT2D eigenvalue weighted by Crippen LogP contribution is 2.27. The molecule has 2 aromatic carbocycles. The zero-order valence-corrected chi connectivity index (χ0v) is 11.8. The van der Waals surface area contributed by atoms with Crippen LogP contribution in [-0.4, -0.2) is 11.1 Å². The maximum atomic E-state index is 12.7. The first-order valence-corrected chi connectivity index (χ1v) is 6.65. The second-order valence-corrected chi connectivity index (χ2v) is 5.18. The molecular weight excluding hydrogens is 268 g/mol. The van der Waals surface area contributed by atoms with Crippen LogP contribution in [0.3, 0.4) is 0 Å². The first-order valence-electron chi connectivity index (χ1n) is 6.65. The van der Waals surface area contributed by atoms with Gasteiger partial charge in [-0.3, -0.25) is 9.59 Å². The van der Waals surface area contributed by atoms with E-state index in [1.165, 1.54) is 0 Å². The fraction of sp³-hybridized carbons (Fsp3) is 0.176. The fourth-order valence-corrected chi connectivity index (χ4v) is 2.64. The summed E-state index contributed by atoms with van der Waals surface area (Å²) < 4.78 is 5.83. The first-order chi connectivity index (χ1) is 9.99. The second-order valence-electron chi connectivity index (χ2n) is 5.18. The van der Waals surface area contributed by atoms with Crippen molar-refractivity contribution >= 4 is 27.9 Å². The van der Waals surface area contributed by atoms with E-state index in [0.717, 1.165) is 11.1 Å². The zero-order valence-electron chi connectivity index (χ0n) is 11.8. The molecule has 0 aliphatic heterocycles. The smallest absolute Gasteiger partial charge is 0.307 e. The Morgan fingerprint density at radius 2 is 1.95 bits per heavy atom. The number of rotatable bonds is 2. The number of aryl methyl sites for hydroxylation is 2. The van der Waals surface area contributed by atoms with Crippen molar-refractivity contribution in [3.8, 4) is 0 Å². The summed E-state index contributed by atoms with van der Waals surface area (Å²) in [6.45, 7) is 3.72. The van der Waals surface area contributed by atoms with Gasteiger partial charge in [0.25, 0.3) is 0 Å². The Balaban J connectivity index is 2.54. The lowest BCUT2D eigenvalue weighted by Gasteiger charge is -2.10. The summed E-state index contributed by atoms with van der Waals surface area (Å²) in [5.74, 6) is -0.949. The van der Waals surface area contributed by atoms with Crippen molar-refractivity contribution in [3.63, 3.8) is 0 Å². The lowest BCUT2D eigenvalue weighted by molar-refractivity contribution is -0.136. The van der Waals surface area contributed by atoms with Crippen molar-refractivity contribution in [1.29, 1.82) is 0 Å². The molecule has 0 saturated heterocycles. The van der Waals surface area contributed by atoms with Crippen LogP contribution in [0.15, 0.2) is 39.5 Å². The lowest BCUT2D eigenvalue weighted by atomic mass is 9.97. The van der Waals surface area contributed by atoms with Gasteiger partial charge in [-0.25, -0.2) is 0 Å². The van der Waals surface area contributed by atoms with E-state index in [0.29, 0.717) is 27.5 Å². The standard InChI is InChI=1S/C17H14O4/c1-9-7-11(8-14(18)19)17-15(10(9)2)16(20)12-5-3-4-6-13(12)21-17/h3-7H,8H2,1-2H3,(H,18,19). The minimum absolute atomic E-state index is 0.111. The first kappa shape index (κ1) is 13.4. The molecule has 0 bridgehead atoms. The molecule has 0 atom stereocenters. The van der Waals surface area contributed by atoms with E-state index in [1.54, 1.807) is 30.3 Å². The molecule has 0 saturated carbocycles. The SMILES string of the molecule is Cc1cc(CC(=O)O)c2oc3ccccc3c(=O)c2c1C. The van der Waals surface area contributed by atoms with E-state index in [9.17, 15) is 9.59 Å². The molecule has 0 unspecified atom stereocenters. The summed E-state index contributed by atoms with van der Waals surface area (Å²) in [6, 6.07) is 8.79. The Morgan fingerprint density at radius 1 is 1.24 bits per heavy atom. The van der Waals surface area contributed by atoms with E-state index in [-0.39, 0.29) is 11.8 Å². The second kappa shape index (κ2) is 4.74. The maximum absolute atomic E-state index is 12.7. The summed E-state index contributed by atoms with van der Waals surface area (Å²) in [5.41, 5.74) is 3.00. The van der Waals surface area contributed by atoms with Gasteiger partial charge in [-0.15, -0.1) is 0 Å². The molecule has 0 amide bonds. The molecule has 1 N–H and O–H groups in total. The van der Waals surface area contributed by atoms with Crippen molar-refractivity contribution in [2.24, 2.45) is 0 Å². The molecule has 3 rings (SSSR count). The fourth-order valence-electron chi connectivity index (χ4n) is 2.64. The van der Waals surface area contributed by atoms with Gasteiger partial charge in [0.1, 0.15) is 11.2 Å². The largest absolute Gasteiger partial charge is 0.481 e. The number of hydrogen-bond acceptors (Lipinski definition) is 3. The van der Waals surface area contributed by atoms with Gasteiger partial charge in [-0.2, -0.15) is 0 Å². The third-order valence-corrected chi connectivity index (χ3v) is 3.79. The van der Waals surface area contributed by atoms with Gasteiger partial charge in [-0.1, -0.05) is 18.2 Å². The van der Waals surface area contributed by atoms with Gasteiger partial charge < -0.3 is 9.52 Å². The van der Waals surface area contributed by atoms with Crippen LogP contribution in [0.4, 0.5) is 0 Å². The van der Waals surface area contributed by atoms with Gasteiger partial charge in [0.2, 0.25) is 5.43 Å². The van der Waals surface area contributed by atoms with Gasteiger partial charge >= 0.3 is 5.97 Å². The average Bonchev–Trinajstić information content (AvgIpc) is 2.44. The predicted octanol–water partition coefficient (Wildman–Crippen LogP) is 3.19. The van der Waals surface area contributed by atoms with Crippen LogP contribution >= 0.6 is 0 Å². The van der Waals surface area contributed by atoms with E-state index in [1.807, 2.05) is 13.8 Å². The topological polar surface area (TPSA) is 67.5 Å².